The van der Waals surface area contributed by atoms with Crippen LogP contribution in [0.4, 0.5) is 0 Å². The van der Waals surface area contributed by atoms with Crippen molar-refractivity contribution in [3.05, 3.63) is 53.3 Å². The number of nitrogens with one attached hydrogen (secondary N) is 1. The second-order valence-electron chi connectivity index (χ2n) is 6.39. The first-order valence-electron chi connectivity index (χ1n) is 8.48. The number of carbonyl (C=O) groups excluding carboxylic acids is 2. The zero-order valence-electron chi connectivity index (χ0n) is 14.9. The number of carbonyl (C=O) groups is 3. The fraction of sp³-hybridized carbons (Fsp3) is 0.316. The maximum atomic E-state index is 12.5. The summed E-state index contributed by atoms with van der Waals surface area (Å²) in [5.41, 5.74) is 1.28. The maximum absolute atomic E-state index is 12.5. The number of amides is 2. The number of rotatable bonds is 5. The Morgan fingerprint density at radius 1 is 1.33 bits per heavy atom. The Hall–Kier alpha value is -2.74. The van der Waals surface area contributed by atoms with E-state index in [1.807, 2.05) is 0 Å². The van der Waals surface area contributed by atoms with E-state index in [4.69, 9.17) is 0 Å². The summed E-state index contributed by atoms with van der Waals surface area (Å²) in [6, 6.07) is 5.55. The maximum Gasteiger partial charge on any atom is 0.352 e. The van der Waals surface area contributed by atoms with Crippen molar-refractivity contribution in [2.24, 2.45) is 0 Å². The fourth-order valence-corrected chi connectivity index (χ4v) is 4.48. The number of fused-ring (bicyclic) bond motifs is 1. The Balaban J connectivity index is 1.74. The van der Waals surface area contributed by atoms with Crippen molar-refractivity contribution in [1.29, 1.82) is 0 Å². The molecule has 0 saturated carbocycles. The minimum atomic E-state index is -1.15. The van der Waals surface area contributed by atoms with E-state index in [1.54, 1.807) is 38.1 Å². The number of hydrogen-bond acceptors (Lipinski definition) is 5. The van der Waals surface area contributed by atoms with Crippen molar-refractivity contribution < 1.29 is 24.6 Å². The number of allylic oxidation sites excluding steroid dienone is 2. The summed E-state index contributed by atoms with van der Waals surface area (Å²) in [7, 11) is 0. The third-order valence-electron chi connectivity index (χ3n) is 4.65. The molecule has 2 heterocycles. The summed E-state index contributed by atoms with van der Waals surface area (Å²) in [6.07, 6.45) is 3.43. The summed E-state index contributed by atoms with van der Waals surface area (Å²) >= 11 is 1.43. The Labute approximate surface area is 160 Å². The molecular formula is C19H20N2O5S. The number of carboxylic acid groups (broad SMARTS) is 1. The predicted molar refractivity (Wildman–Crippen MR) is 101 cm³/mol. The molecule has 1 fully saturated rings. The molecule has 8 heteroatoms. The van der Waals surface area contributed by atoms with Gasteiger partial charge in [0.05, 0.1) is 5.92 Å². The molecule has 142 valence electrons. The van der Waals surface area contributed by atoms with Gasteiger partial charge in [0.2, 0.25) is 5.91 Å². The summed E-state index contributed by atoms with van der Waals surface area (Å²) in [6.45, 7) is 3.50. The molecule has 3 atom stereocenters. The van der Waals surface area contributed by atoms with Crippen LogP contribution in [0.3, 0.4) is 0 Å². The van der Waals surface area contributed by atoms with Crippen LogP contribution in [0, 0.1) is 0 Å². The Morgan fingerprint density at radius 2 is 2.00 bits per heavy atom. The van der Waals surface area contributed by atoms with Gasteiger partial charge in [0, 0.05) is 5.75 Å². The lowest BCUT2D eigenvalue weighted by Gasteiger charge is -2.49. The number of hydrogen-bond donors (Lipinski definition) is 3. The van der Waals surface area contributed by atoms with E-state index in [9.17, 15) is 24.6 Å². The van der Waals surface area contributed by atoms with Crippen molar-refractivity contribution >= 4 is 29.5 Å². The molecule has 1 aromatic carbocycles. The zero-order valence-corrected chi connectivity index (χ0v) is 15.7. The second-order valence-corrected chi connectivity index (χ2v) is 7.49. The highest BCUT2D eigenvalue weighted by molar-refractivity contribution is 8.00. The van der Waals surface area contributed by atoms with E-state index in [-0.39, 0.29) is 17.4 Å². The normalized spacial score (nSPS) is 23.0. The molecule has 2 amide bonds. The average Bonchev–Trinajstić information content (AvgIpc) is 2.65. The monoisotopic (exact) mass is 388 g/mol. The van der Waals surface area contributed by atoms with Gasteiger partial charge in [-0.25, -0.2) is 4.79 Å². The van der Waals surface area contributed by atoms with Gasteiger partial charge >= 0.3 is 5.97 Å². The molecular weight excluding hydrogens is 368 g/mol. The first-order chi connectivity index (χ1) is 12.8. The number of thioether (sulfide) groups is 1. The summed E-state index contributed by atoms with van der Waals surface area (Å²) in [5, 5.41) is 21.2. The minimum Gasteiger partial charge on any atom is -0.508 e. The second kappa shape index (κ2) is 7.48. The quantitative estimate of drug-likeness (QED) is 0.664. The number of nitrogens with zero attached hydrogens (tertiary/aromatic N) is 1. The number of benzene rings is 1. The number of phenolic OH excluding ortho intramolecular Hbond substituents is 1. The zero-order chi connectivity index (χ0) is 19.7. The molecule has 27 heavy (non-hydrogen) atoms. The van der Waals surface area contributed by atoms with Crippen LogP contribution in [0.15, 0.2) is 47.7 Å². The van der Waals surface area contributed by atoms with Gasteiger partial charge in [-0.1, -0.05) is 24.3 Å². The van der Waals surface area contributed by atoms with Crippen LogP contribution in [0.2, 0.25) is 0 Å². The molecule has 0 aliphatic carbocycles. The van der Waals surface area contributed by atoms with Gasteiger partial charge < -0.3 is 15.5 Å². The van der Waals surface area contributed by atoms with E-state index in [0.717, 1.165) is 0 Å². The molecule has 0 spiro atoms. The molecule has 3 rings (SSSR count). The van der Waals surface area contributed by atoms with Crippen LogP contribution in [-0.4, -0.2) is 50.1 Å². The lowest BCUT2D eigenvalue weighted by Crippen LogP contribution is -2.70. The first-order valence-corrected chi connectivity index (χ1v) is 9.53. The molecule has 0 radical (unpaired) electrons. The number of β-lactam (4-membered cyclic amide) rings is 1. The molecule has 2 aliphatic heterocycles. The van der Waals surface area contributed by atoms with Gasteiger partial charge in [-0.15, -0.1) is 11.8 Å². The minimum absolute atomic E-state index is 0.0149. The number of aliphatic carboxylic acids is 1. The molecule has 1 saturated heterocycles. The van der Waals surface area contributed by atoms with Crippen LogP contribution in [0.5, 0.6) is 5.75 Å². The van der Waals surface area contributed by atoms with E-state index in [1.165, 1.54) is 28.8 Å². The molecule has 1 aromatic rings. The van der Waals surface area contributed by atoms with E-state index < -0.39 is 29.2 Å². The lowest BCUT2D eigenvalue weighted by molar-refractivity contribution is -0.150. The van der Waals surface area contributed by atoms with Crippen LogP contribution in [-0.2, 0) is 14.4 Å². The largest absolute Gasteiger partial charge is 0.508 e. The standard InChI is InChI=1S/C19H20N2O5S/c1-3-4-12-9-27-18-14(17(24)21(18)15(12)19(25)26)20-16(23)10(2)11-5-7-13(22)8-6-11/h3-8,10,14,18,22H,9H2,1-2H3,(H,20,23)(H,25,26)/b4-3-. The molecule has 3 N–H and O–H groups in total. The predicted octanol–water partition coefficient (Wildman–Crippen LogP) is 1.81. The Bertz CT molecular complexity index is 846. The number of carboxylic acids is 1. The summed E-state index contributed by atoms with van der Waals surface area (Å²) < 4.78 is 0. The van der Waals surface area contributed by atoms with E-state index >= 15 is 0 Å². The third kappa shape index (κ3) is 3.44. The van der Waals surface area contributed by atoms with Crippen LogP contribution in [0.25, 0.3) is 0 Å². The van der Waals surface area contributed by atoms with Crippen LogP contribution >= 0.6 is 11.8 Å². The van der Waals surface area contributed by atoms with Gasteiger partial charge in [0.15, 0.2) is 0 Å². The van der Waals surface area contributed by atoms with Crippen LogP contribution in [0.1, 0.15) is 25.3 Å². The van der Waals surface area contributed by atoms with Gasteiger partial charge in [-0.05, 0) is 37.1 Å². The van der Waals surface area contributed by atoms with Gasteiger partial charge in [-0.3, -0.25) is 14.5 Å². The highest BCUT2D eigenvalue weighted by Gasteiger charge is 2.54. The van der Waals surface area contributed by atoms with Gasteiger partial charge in [-0.2, -0.15) is 0 Å². The smallest absolute Gasteiger partial charge is 0.352 e. The molecule has 2 aliphatic rings. The van der Waals surface area contributed by atoms with Crippen LogP contribution < -0.4 is 5.32 Å². The topological polar surface area (TPSA) is 107 Å². The fourth-order valence-electron chi connectivity index (χ4n) is 3.16. The first kappa shape index (κ1) is 19.0. The lowest BCUT2D eigenvalue weighted by atomic mass is 9.98. The Kier molecular flexibility index (Phi) is 5.27. The van der Waals surface area contributed by atoms with E-state index in [2.05, 4.69) is 5.32 Å². The van der Waals surface area contributed by atoms with Crippen molar-refractivity contribution in [3.8, 4) is 5.75 Å². The van der Waals surface area contributed by atoms with Gasteiger partial charge in [0.25, 0.3) is 5.91 Å². The van der Waals surface area contributed by atoms with Crippen molar-refractivity contribution in [1.82, 2.24) is 10.2 Å². The third-order valence-corrected chi connectivity index (χ3v) is 5.95. The number of aromatic hydroxyl groups is 1. The van der Waals surface area contributed by atoms with E-state index in [0.29, 0.717) is 16.9 Å². The van der Waals surface area contributed by atoms with Crippen molar-refractivity contribution in [2.45, 2.75) is 31.2 Å². The molecule has 0 aromatic heterocycles. The molecule has 7 nitrogen and oxygen atoms in total. The molecule has 3 unspecified atom stereocenters. The molecule has 0 bridgehead atoms. The number of phenols is 1. The van der Waals surface area contributed by atoms with Crippen molar-refractivity contribution in [3.63, 3.8) is 0 Å². The highest BCUT2D eigenvalue weighted by atomic mass is 32.2. The summed E-state index contributed by atoms with van der Waals surface area (Å²) in [4.78, 5) is 38.0. The highest BCUT2D eigenvalue weighted by Crippen LogP contribution is 2.40. The van der Waals surface area contributed by atoms with Gasteiger partial charge in [0.1, 0.15) is 22.9 Å². The van der Waals surface area contributed by atoms with Crippen molar-refractivity contribution in [2.75, 3.05) is 5.75 Å². The summed E-state index contributed by atoms with van der Waals surface area (Å²) in [5.74, 6) is -1.82. The average molecular weight is 388 g/mol. The SMILES string of the molecule is C/C=C\C1=C(C(=O)O)N2C(=O)C(NC(=O)C(C)c3ccc(O)cc3)C2SC1. The Morgan fingerprint density at radius 3 is 2.59 bits per heavy atom.